The maximum absolute atomic E-state index is 11.9. The summed E-state index contributed by atoms with van der Waals surface area (Å²) in [5.74, 6) is -0.250. The highest BCUT2D eigenvalue weighted by Crippen LogP contribution is 2.37. The fourth-order valence-corrected chi connectivity index (χ4v) is 2.50. The number of nitrogens with zero attached hydrogens (tertiary/aromatic N) is 2. The van der Waals surface area contributed by atoms with E-state index in [0.717, 1.165) is 19.1 Å². The molecule has 124 valence electrons. The molecule has 1 aromatic carbocycles. The third-order valence-corrected chi connectivity index (χ3v) is 3.76. The molecule has 8 nitrogen and oxygen atoms in total. The molecular formula is C15H15N5O3S. The number of para-hydroxylation sites is 1. The Kier molecular flexibility index (Phi) is 4.43. The molecule has 2 amide bonds. The van der Waals surface area contributed by atoms with E-state index in [1.807, 2.05) is 6.07 Å². The monoisotopic (exact) mass is 345 g/mol. The second-order valence-corrected chi connectivity index (χ2v) is 5.67. The summed E-state index contributed by atoms with van der Waals surface area (Å²) in [5, 5.41) is 16.5. The maximum Gasteiger partial charge on any atom is 0.339 e. The molecule has 0 atom stereocenters. The largest absolute Gasteiger partial charge is 0.494 e. The first kappa shape index (κ1) is 15.9. The number of rotatable bonds is 4. The zero-order valence-corrected chi connectivity index (χ0v) is 13.3. The normalized spacial score (nSPS) is 13.8. The molecule has 24 heavy (non-hydrogen) atoms. The van der Waals surface area contributed by atoms with Crippen molar-refractivity contribution in [1.82, 2.24) is 15.0 Å². The number of hydrogen-bond acceptors (Lipinski definition) is 5. The van der Waals surface area contributed by atoms with Gasteiger partial charge in [-0.2, -0.15) is 5.10 Å². The van der Waals surface area contributed by atoms with Crippen LogP contribution in [0.1, 0.15) is 24.4 Å². The lowest BCUT2D eigenvalue weighted by molar-refractivity contribution is 0.252. The number of carbonyl (C=O) groups is 1. The van der Waals surface area contributed by atoms with E-state index in [1.165, 1.54) is 4.57 Å². The first-order valence-corrected chi connectivity index (χ1v) is 7.70. The molecule has 2 aromatic rings. The minimum atomic E-state index is -0.566. The number of aromatic amines is 1. The Hall–Kier alpha value is -2.94. The van der Waals surface area contributed by atoms with E-state index < -0.39 is 11.6 Å². The molecule has 9 heteroatoms. The van der Waals surface area contributed by atoms with E-state index in [1.54, 1.807) is 24.3 Å². The van der Waals surface area contributed by atoms with Crippen molar-refractivity contribution in [2.24, 2.45) is 5.10 Å². The zero-order chi connectivity index (χ0) is 17.1. The molecule has 1 aromatic heterocycles. The summed E-state index contributed by atoms with van der Waals surface area (Å²) in [5.41, 5.74) is 2.21. The van der Waals surface area contributed by atoms with Crippen LogP contribution in [-0.4, -0.2) is 26.9 Å². The van der Waals surface area contributed by atoms with E-state index in [0.29, 0.717) is 5.69 Å². The number of H-pyrrole nitrogens is 1. The Labute approximate surface area is 141 Å². The van der Waals surface area contributed by atoms with Crippen LogP contribution >= 0.6 is 12.2 Å². The van der Waals surface area contributed by atoms with Crippen molar-refractivity contribution < 1.29 is 9.90 Å². The van der Waals surface area contributed by atoms with Crippen LogP contribution in [0.5, 0.6) is 5.88 Å². The lowest BCUT2D eigenvalue weighted by Crippen LogP contribution is -2.25. The Morgan fingerprint density at radius 2 is 2.08 bits per heavy atom. The van der Waals surface area contributed by atoms with Gasteiger partial charge in [0.15, 0.2) is 4.77 Å². The second-order valence-electron chi connectivity index (χ2n) is 5.29. The summed E-state index contributed by atoms with van der Waals surface area (Å²) >= 11 is 5.05. The van der Waals surface area contributed by atoms with Gasteiger partial charge >= 0.3 is 6.03 Å². The summed E-state index contributed by atoms with van der Waals surface area (Å²) in [4.78, 5) is 26.1. The average molecular weight is 345 g/mol. The van der Waals surface area contributed by atoms with Crippen molar-refractivity contribution in [3.8, 4) is 5.88 Å². The number of hydrogen-bond donors (Lipinski definition) is 4. The summed E-state index contributed by atoms with van der Waals surface area (Å²) < 4.78 is 1.66. The van der Waals surface area contributed by atoms with Gasteiger partial charge in [0.05, 0.1) is 6.21 Å². The van der Waals surface area contributed by atoms with Gasteiger partial charge in [0.2, 0.25) is 5.88 Å². The van der Waals surface area contributed by atoms with Gasteiger partial charge in [-0.3, -0.25) is 14.3 Å². The highest BCUT2D eigenvalue weighted by atomic mass is 32.1. The van der Waals surface area contributed by atoms with Gasteiger partial charge in [0, 0.05) is 11.7 Å². The van der Waals surface area contributed by atoms with E-state index in [2.05, 4.69) is 20.8 Å². The fraction of sp³-hybridized carbons (Fsp3) is 0.200. The number of aromatic hydroxyl groups is 1. The zero-order valence-electron chi connectivity index (χ0n) is 12.5. The number of carbonyl (C=O) groups excluding carboxylic acids is 1. The summed E-state index contributed by atoms with van der Waals surface area (Å²) in [7, 11) is 0. The van der Waals surface area contributed by atoms with Crippen molar-refractivity contribution in [2.75, 3.05) is 5.32 Å². The topological polar surface area (TPSA) is 112 Å². The van der Waals surface area contributed by atoms with Crippen LogP contribution in [0.15, 0.2) is 40.2 Å². The van der Waals surface area contributed by atoms with Crippen LogP contribution in [0.4, 0.5) is 10.5 Å². The standard InChI is InChI=1S/C15H15N5O3S/c21-12-11(13(22)20(10-6-7-10)15(24)18-12)8-16-19-14(23)17-9-4-2-1-3-5-9/h1-5,8,10,22H,6-7H2,(H2,17,19,23)(H,18,21,24). The number of nitrogens with one attached hydrogen (secondary N) is 3. The molecule has 4 N–H and O–H groups in total. The molecule has 1 aliphatic carbocycles. The number of anilines is 1. The fourth-order valence-electron chi connectivity index (χ4n) is 2.18. The first-order valence-electron chi connectivity index (χ1n) is 7.29. The Morgan fingerprint density at radius 3 is 2.75 bits per heavy atom. The number of amides is 2. The number of aromatic nitrogens is 2. The first-order chi connectivity index (χ1) is 11.6. The summed E-state index contributed by atoms with van der Waals surface area (Å²) in [6, 6.07) is 8.36. The Morgan fingerprint density at radius 1 is 1.38 bits per heavy atom. The van der Waals surface area contributed by atoms with Crippen molar-refractivity contribution in [2.45, 2.75) is 18.9 Å². The Balaban J connectivity index is 1.73. The van der Waals surface area contributed by atoms with Crippen LogP contribution in [0.25, 0.3) is 0 Å². The van der Waals surface area contributed by atoms with E-state index >= 15 is 0 Å². The van der Waals surface area contributed by atoms with E-state index in [4.69, 9.17) is 12.2 Å². The molecule has 0 aliphatic heterocycles. The van der Waals surface area contributed by atoms with Gasteiger partial charge in [-0.1, -0.05) is 18.2 Å². The lowest BCUT2D eigenvalue weighted by atomic mass is 10.3. The highest BCUT2D eigenvalue weighted by Gasteiger charge is 2.27. The summed E-state index contributed by atoms with van der Waals surface area (Å²) in [6.07, 6.45) is 2.87. The van der Waals surface area contributed by atoms with Gasteiger partial charge in [0.1, 0.15) is 5.56 Å². The molecule has 0 bridgehead atoms. The van der Waals surface area contributed by atoms with Crippen LogP contribution < -0.4 is 16.3 Å². The molecular weight excluding hydrogens is 330 g/mol. The van der Waals surface area contributed by atoms with Crippen molar-refractivity contribution in [3.05, 3.63) is 51.0 Å². The van der Waals surface area contributed by atoms with Gasteiger partial charge in [0.25, 0.3) is 5.56 Å². The third kappa shape index (κ3) is 3.51. The van der Waals surface area contributed by atoms with Crippen LogP contribution in [0.2, 0.25) is 0 Å². The molecule has 1 fully saturated rings. The number of urea groups is 1. The molecule has 1 saturated carbocycles. The minimum absolute atomic E-state index is 0.0597. The predicted octanol–water partition coefficient (Wildman–Crippen LogP) is 2.10. The van der Waals surface area contributed by atoms with Crippen molar-refractivity contribution >= 4 is 30.2 Å². The number of hydrazone groups is 1. The third-order valence-electron chi connectivity index (χ3n) is 3.46. The quantitative estimate of drug-likeness (QED) is 0.386. The van der Waals surface area contributed by atoms with E-state index in [-0.39, 0.29) is 22.3 Å². The van der Waals surface area contributed by atoms with Crippen LogP contribution in [0.3, 0.4) is 0 Å². The van der Waals surface area contributed by atoms with Crippen molar-refractivity contribution in [3.63, 3.8) is 0 Å². The summed E-state index contributed by atoms with van der Waals surface area (Å²) in [6.45, 7) is 0. The molecule has 1 aliphatic rings. The minimum Gasteiger partial charge on any atom is -0.494 e. The molecule has 3 rings (SSSR count). The van der Waals surface area contributed by atoms with Gasteiger partial charge < -0.3 is 10.4 Å². The Bertz CT molecular complexity index is 900. The SMILES string of the molecule is O=C(NN=Cc1c(O)n(C2CC2)c(=S)[nH]c1=O)Nc1ccccc1. The van der Waals surface area contributed by atoms with E-state index in [9.17, 15) is 14.7 Å². The van der Waals surface area contributed by atoms with Crippen LogP contribution in [-0.2, 0) is 0 Å². The molecule has 0 radical (unpaired) electrons. The number of benzene rings is 1. The molecule has 0 saturated heterocycles. The predicted molar refractivity (Wildman–Crippen MR) is 92.0 cm³/mol. The molecule has 1 heterocycles. The highest BCUT2D eigenvalue weighted by molar-refractivity contribution is 7.71. The van der Waals surface area contributed by atoms with Gasteiger partial charge in [-0.05, 0) is 37.2 Å². The van der Waals surface area contributed by atoms with Gasteiger partial charge in [-0.25, -0.2) is 10.2 Å². The maximum atomic E-state index is 11.9. The van der Waals surface area contributed by atoms with Gasteiger partial charge in [-0.15, -0.1) is 0 Å². The lowest BCUT2D eigenvalue weighted by Gasteiger charge is -2.09. The van der Waals surface area contributed by atoms with Crippen LogP contribution in [0, 0.1) is 4.77 Å². The average Bonchev–Trinajstić information content (AvgIpc) is 3.36. The molecule has 0 unspecified atom stereocenters. The smallest absolute Gasteiger partial charge is 0.339 e. The van der Waals surface area contributed by atoms with Crippen molar-refractivity contribution in [1.29, 1.82) is 0 Å². The molecule has 0 spiro atoms. The second kappa shape index (κ2) is 6.67.